The van der Waals surface area contributed by atoms with Crippen molar-refractivity contribution in [1.82, 2.24) is 24.9 Å². The minimum absolute atomic E-state index is 0.0835. The highest BCUT2D eigenvalue weighted by Crippen LogP contribution is 2.38. The summed E-state index contributed by atoms with van der Waals surface area (Å²) in [5.74, 6) is 0.696. The third-order valence-corrected chi connectivity index (χ3v) is 6.61. The molecule has 1 aliphatic rings. The first-order chi connectivity index (χ1) is 15.2. The van der Waals surface area contributed by atoms with Crippen LogP contribution in [0.2, 0.25) is 0 Å². The molecule has 0 spiro atoms. The minimum atomic E-state index is -4.48. The smallest absolute Gasteiger partial charge is 0.342 e. The zero-order valence-electron chi connectivity index (χ0n) is 17.1. The molecular weight excluding hydrogens is 439 g/mol. The van der Waals surface area contributed by atoms with Crippen LogP contribution in [0.1, 0.15) is 25.3 Å². The summed E-state index contributed by atoms with van der Waals surface area (Å²) >= 11 is 1.24. The Morgan fingerprint density at radius 2 is 1.91 bits per heavy atom. The molecule has 166 valence electrons. The number of imidazole rings is 1. The van der Waals surface area contributed by atoms with Crippen LogP contribution in [0.4, 0.5) is 19.1 Å². The number of fused-ring (bicyclic) bond motifs is 2. The van der Waals surface area contributed by atoms with Gasteiger partial charge in [0.2, 0.25) is 5.95 Å². The van der Waals surface area contributed by atoms with Gasteiger partial charge in [0, 0.05) is 35.1 Å². The second kappa shape index (κ2) is 7.59. The summed E-state index contributed by atoms with van der Waals surface area (Å²) in [5, 5.41) is 0.962. The number of hydrogen-bond donors (Lipinski definition) is 2. The van der Waals surface area contributed by atoms with Gasteiger partial charge < -0.3 is 15.6 Å². The number of nitrogens with zero attached hydrogens (tertiary/aromatic N) is 5. The number of hydrogen-bond acceptors (Lipinski definition) is 7. The number of halogens is 3. The summed E-state index contributed by atoms with van der Waals surface area (Å²) in [6.07, 6.45) is 0.199. The number of aromatic amines is 1. The fourth-order valence-electron chi connectivity index (χ4n) is 3.78. The van der Waals surface area contributed by atoms with E-state index in [1.54, 1.807) is 18.3 Å². The zero-order chi connectivity index (χ0) is 22.5. The Labute approximate surface area is 185 Å². The summed E-state index contributed by atoms with van der Waals surface area (Å²) < 4.78 is 40.1. The van der Waals surface area contributed by atoms with E-state index in [1.807, 2.05) is 0 Å². The molecule has 1 saturated heterocycles. The number of H-pyrrole nitrogens is 1. The number of nitrogens with two attached hydrogens (primary N) is 1. The molecule has 11 heteroatoms. The molecule has 0 unspecified atom stereocenters. The van der Waals surface area contributed by atoms with E-state index in [0.717, 1.165) is 32.0 Å². The molecule has 1 aromatic carbocycles. The average molecular weight is 460 g/mol. The molecule has 4 aromatic rings. The van der Waals surface area contributed by atoms with Crippen LogP contribution in [0.5, 0.6) is 0 Å². The summed E-state index contributed by atoms with van der Waals surface area (Å²) in [7, 11) is 0. The van der Waals surface area contributed by atoms with Gasteiger partial charge in [0.25, 0.3) is 0 Å². The van der Waals surface area contributed by atoms with Gasteiger partial charge in [-0.25, -0.2) is 9.97 Å². The van der Waals surface area contributed by atoms with Crippen molar-refractivity contribution in [3.63, 3.8) is 0 Å². The topological polar surface area (TPSA) is 96.6 Å². The van der Waals surface area contributed by atoms with E-state index in [1.165, 1.54) is 24.0 Å². The van der Waals surface area contributed by atoms with E-state index in [0.29, 0.717) is 32.6 Å². The quantitative estimate of drug-likeness (QED) is 0.469. The molecule has 0 amide bonds. The van der Waals surface area contributed by atoms with Crippen LogP contribution in [-0.2, 0) is 6.18 Å². The third kappa shape index (κ3) is 3.97. The van der Waals surface area contributed by atoms with Gasteiger partial charge in [-0.2, -0.15) is 18.2 Å². The van der Waals surface area contributed by atoms with E-state index in [2.05, 4.69) is 36.7 Å². The Morgan fingerprint density at radius 1 is 1.12 bits per heavy atom. The molecule has 5 rings (SSSR count). The van der Waals surface area contributed by atoms with Crippen molar-refractivity contribution >= 4 is 39.9 Å². The Balaban J connectivity index is 1.44. The predicted octanol–water partition coefficient (Wildman–Crippen LogP) is 4.39. The molecule has 7 nitrogen and oxygen atoms in total. The van der Waals surface area contributed by atoms with Crippen molar-refractivity contribution in [3.05, 3.63) is 42.2 Å². The van der Waals surface area contributed by atoms with E-state index in [-0.39, 0.29) is 11.1 Å². The van der Waals surface area contributed by atoms with Crippen molar-refractivity contribution in [2.75, 3.05) is 18.0 Å². The maximum Gasteiger partial charge on any atom is 0.418 e. The molecule has 1 aliphatic heterocycles. The highest BCUT2D eigenvalue weighted by molar-refractivity contribution is 7.99. The lowest BCUT2D eigenvalue weighted by Gasteiger charge is -2.36. The first-order valence-electron chi connectivity index (χ1n) is 10.1. The maximum absolute atomic E-state index is 13.4. The predicted molar refractivity (Wildman–Crippen MR) is 117 cm³/mol. The van der Waals surface area contributed by atoms with Crippen LogP contribution in [0, 0.1) is 0 Å². The van der Waals surface area contributed by atoms with Gasteiger partial charge in [-0.3, -0.25) is 4.98 Å². The molecule has 3 N–H and O–H groups in total. The average Bonchev–Trinajstić information content (AvgIpc) is 3.16. The molecule has 0 bridgehead atoms. The highest BCUT2D eigenvalue weighted by Gasteiger charge is 2.33. The number of para-hydroxylation sites is 1. The van der Waals surface area contributed by atoms with Gasteiger partial charge in [0.15, 0.2) is 11.3 Å². The fourth-order valence-corrected chi connectivity index (χ4v) is 4.65. The summed E-state index contributed by atoms with van der Waals surface area (Å²) in [5.41, 5.74) is 6.22. The molecule has 0 aliphatic carbocycles. The number of benzene rings is 1. The van der Waals surface area contributed by atoms with Gasteiger partial charge >= 0.3 is 6.18 Å². The van der Waals surface area contributed by atoms with Gasteiger partial charge in [-0.15, -0.1) is 0 Å². The fraction of sp³-hybridized carbons (Fsp3) is 0.333. The number of nitrogens with one attached hydrogen (secondary N) is 1. The number of rotatable bonds is 3. The lowest BCUT2D eigenvalue weighted by atomic mass is 9.91. The summed E-state index contributed by atoms with van der Waals surface area (Å²) in [4.78, 5) is 23.4. The van der Waals surface area contributed by atoms with E-state index in [4.69, 9.17) is 5.73 Å². The van der Waals surface area contributed by atoms with Crippen LogP contribution in [0.15, 0.2) is 46.6 Å². The van der Waals surface area contributed by atoms with E-state index in [9.17, 15) is 13.2 Å². The SMILES string of the molecule is CC1(N)CCN(c2nc3ncc(Sc4ccnc5c(C(F)(F)F)cccc45)nc3[nH]2)CC1. The Hall–Kier alpha value is -2.92. The number of alkyl halides is 3. The van der Waals surface area contributed by atoms with Crippen LogP contribution >= 0.6 is 11.8 Å². The first-order valence-corrected chi connectivity index (χ1v) is 10.9. The molecule has 0 saturated carbocycles. The van der Waals surface area contributed by atoms with Gasteiger partial charge in [-0.1, -0.05) is 23.9 Å². The van der Waals surface area contributed by atoms with Crippen molar-refractivity contribution in [2.45, 2.75) is 41.4 Å². The maximum atomic E-state index is 13.4. The minimum Gasteiger partial charge on any atom is -0.342 e. The molecule has 32 heavy (non-hydrogen) atoms. The van der Waals surface area contributed by atoms with Crippen molar-refractivity contribution in [1.29, 1.82) is 0 Å². The summed E-state index contributed by atoms with van der Waals surface area (Å²) in [6, 6.07) is 5.73. The van der Waals surface area contributed by atoms with Crippen LogP contribution in [-0.4, -0.2) is 43.5 Å². The molecule has 0 atom stereocenters. The number of piperidine rings is 1. The Bertz CT molecular complexity index is 1290. The lowest BCUT2D eigenvalue weighted by Crippen LogP contribution is -2.48. The molecule has 3 aromatic heterocycles. The van der Waals surface area contributed by atoms with E-state index >= 15 is 0 Å². The zero-order valence-corrected chi connectivity index (χ0v) is 18.0. The Kier molecular flexibility index (Phi) is 4.97. The van der Waals surface area contributed by atoms with Crippen molar-refractivity contribution < 1.29 is 13.2 Å². The van der Waals surface area contributed by atoms with Gasteiger partial charge in [0.1, 0.15) is 5.03 Å². The van der Waals surface area contributed by atoms with Crippen LogP contribution in [0.3, 0.4) is 0 Å². The lowest BCUT2D eigenvalue weighted by molar-refractivity contribution is -0.136. The van der Waals surface area contributed by atoms with Crippen molar-refractivity contribution in [2.24, 2.45) is 5.73 Å². The Morgan fingerprint density at radius 3 is 2.66 bits per heavy atom. The standard InChI is InChI=1S/C21H20F3N7S/c1-20(25)6-9-31(10-7-20)19-29-17-18(30-19)28-15(11-27-17)32-14-5-8-26-16-12(14)3-2-4-13(16)21(22,23)24/h2-5,8,11H,6-7,9-10,25H2,1H3,(H,27,28,29,30). The number of pyridine rings is 1. The second-order valence-corrected chi connectivity index (χ2v) is 9.25. The molecule has 4 heterocycles. The van der Waals surface area contributed by atoms with Crippen molar-refractivity contribution in [3.8, 4) is 0 Å². The van der Waals surface area contributed by atoms with Crippen LogP contribution < -0.4 is 10.6 Å². The number of anilines is 1. The highest BCUT2D eigenvalue weighted by atomic mass is 32.2. The second-order valence-electron chi connectivity index (χ2n) is 8.19. The van der Waals surface area contributed by atoms with Gasteiger partial charge in [-0.05, 0) is 31.9 Å². The van der Waals surface area contributed by atoms with Crippen LogP contribution in [0.25, 0.3) is 22.2 Å². The summed E-state index contributed by atoms with van der Waals surface area (Å²) in [6.45, 7) is 3.63. The van der Waals surface area contributed by atoms with E-state index < -0.39 is 11.7 Å². The normalized spacial score (nSPS) is 16.7. The largest absolute Gasteiger partial charge is 0.418 e. The monoisotopic (exact) mass is 459 g/mol. The first kappa shape index (κ1) is 21.0. The number of aromatic nitrogens is 5. The molecule has 1 fully saturated rings. The third-order valence-electron chi connectivity index (χ3n) is 5.63. The molecule has 0 radical (unpaired) electrons. The molecular formula is C21H20F3N7S. The van der Waals surface area contributed by atoms with Gasteiger partial charge in [0.05, 0.1) is 17.3 Å².